The Labute approximate surface area is 171 Å². The van der Waals surface area contributed by atoms with Crippen molar-refractivity contribution >= 4 is 17.5 Å². The molecule has 0 aliphatic carbocycles. The fourth-order valence-electron chi connectivity index (χ4n) is 3.35. The van der Waals surface area contributed by atoms with E-state index in [9.17, 15) is 9.59 Å². The van der Waals surface area contributed by atoms with E-state index >= 15 is 0 Å². The van der Waals surface area contributed by atoms with Gasteiger partial charge in [-0.25, -0.2) is 0 Å². The number of rotatable bonds is 6. The van der Waals surface area contributed by atoms with Crippen LogP contribution in [0.5, 0.6) is 11.5 Å². The number of ether oxygens (including phenoxy) is 1. The van der Waals surface area contributed by atoms with E-state index in [1.54, 1.807) is 48.5 Å². The lowest BCUT2D eigenvalue weighted by Crippen LogP contribution is -2.41. The van der Waals surface area contributed by atoms with Gasteiger partial charge in [-0.2, -0.15) is 5.26 Å². The molecule has 0 spiro atoms. The highest BCUT2D eigenvalue weighted by Gasteiger charge is 2.26. The number of carbonyl (C=O) groups excluding carboxylic acids is 2. The number of nitrogens with zero attached hydrogens (tertiary/aromatic N) is 2. The number of benzene rings is 2. The van der Waals surface area contributed by atoms with Crippen LogP contribution in [0.15, 0.2) is 48.5 Å². The molecule has 0 saturated carbocycles. The summed E-state index contributed by atoms with van der Waals surface area (Å²) in [6, 6.07) is 16.1. The molecule has 0 aromatic heterocycles. The number of nitrogens with one attached hydrogen (secondary N) is 1. The largest absolute Gasteiger partial charge is 0.457 e. The van der Waals surface area contributed by atoms with Gasteiger partial charge in [0.05, 0.1) is 11.6 Å². The van der Waals surface area contributed by atoms with Crippen molar-refractivity contribution < 1.29 is 14.3 Å². The van der Waals surface area contributed by atoms with Crippen LogP contribution in [0.1, 0.15) is 38.2 Å². The molecule has 2 aromatic carbocycles. The van der Waals surface area contributed by atoms with Crippen LogP contribution in [-0.4, -0.2) is 29.8 Å². The Morgan fingerprint density at radius 2 is 1.66 bits per heavy atom. The molecular formula is C23H25N3O3. The first kappa shape index (κ1) is 20.4. The second kappa shape index (κ2) is 9.74. The Morgan fingerprint density at radius 1 is 1.07 bits per heavy atom. The van der Waals surface area contributed by atoms with Crippen LogP contribution in [0, 0.1) is 17.2 Å². The molecule has 1 heterocycles. The van der Waals surface area contributed by atoms with Gasteiger partial charge >= 0.3 is 0 Å². The normalized spacial score (nSPS) is 14.1. The number of hydrogen-bond acceptors (Lipinski definition) is 4. The van der Waals surface area contributed by atoms with Crippen LogP contribution >= 0.6 is 0 Å². The Hall–Kier alpha value is -3.33. The second-order valence-corrected chi connectivity index (χ2v) is 7.16. The zero-order valence-electron chi connectivity index (χ0n) is 16.6. The van der Waals surface area contributed by atoms with E-state index in [-0.39, 0.29) is 17.7 Å². The average molecular weight is 391 g/mol. The summed E-state index contributed by atoms with van der Waals surface area (Å²) in [6.45, 7) is 3.29. The molecule has 2 amide bonds. The van der Waals surface area contributed by atoms with E-state index in [0.29, 0.717) is 55.1 Å². The van der Waals surface area contributed by atoms with E-state index in [4.69, 9.17) is 10.00 Å². The third-order valence-electron chi connectivity index (χ3n) is 5.02. The van der Waals surface area contributed by atoms with Crippen molar-refractivity contribution in [2.75, 3.05) is 18.4 Å². The lowest BCUT2D eigenvalue weighted by molar-refractivity contribution is -0.134. The van der Waals surface area contributed by atoms with Crippen molar-refractivity contribution in [1.29, 1.82) is 5.26 Å². The maximum absolute atomic E-state index is 12.5. The van der Waals surface area contributed by atoms with E-state index in [2.05, 4.69) is 11.4 Å². The molecule has 6 nitrogen and oxygen atoms in total. The standard InChI is InChI=1S/C23H25N3O3/c1-2-3-22(27)26-14-12-18(13-15-26)23(28)25-19-6-10-21(11-7-19)29-20-8-4-17(16-24)5-9-20/h4-11,18H,2-3,12-15H2,1H3,(H,25,28). The molecule has 1 aliphatic rings. The first-order valence-corrected chi connectivity index (χ1v) is 9.95. The SMILES string of the molecule is CCCC(=O)N1CCC(C(=O)Nc2ccc(Oc3ccc(C#N)cc3)cc2)CC1. The molecule has 1 saturated heterocycles. The van der Waals surface area contributed by atoms with Crippen molar-refractivity contribution in [3.05, 3.63) is 54.1 Å². The molecule has 29 heavy (non-hydrogen) atoms. The van der Waals surface area contributed by atoms with E-state index in [1.165, 1.54) is 0 Å². The first-order valence-electron chi connectivity index (χ1n) is 9.95. The van der Waals surface area contributed by atoms with Crippen molar-refractivity contribution in [3.8, 4) is 17.6 Å². The van der Waals surface area contributed by atoms with Gasteiger partial charge in [0, 0.05) is 31.1 Å². The molecule has 0 radical (unpaired) electrons. The highest BCUT2D eigenvalue weighted by Crippen LogP contribution is 2.25. The number of likely N-dealkylation sites (tertiary alicyclic amines) is 1. The van der Waals surface area contributed by atoms with Crippen LogP contribution in [0.25, 0.3) is 0 Å². The number of anilines is 1. The molecule has 0 bridgehead atoms. The van der Waals surface area contributed by atoms with Gasteiger partial charge in [-0.05, 0) is 67.8 Å². The van der Waals surface area contributed by atoms with Gasteiger partial charge in [0.1, 0.15) is 11.5 Å². The van der Waals surface area contributed by atoms with Gasteiger partial charge in [0.2, 0.25) is 11.8 Å². The smallest absolute Gasteiger partial charge is 0.227 e. The van der Waals surface area contributed by atoms with Gasteiger partial charge in [-0.1, -0.05) is 6.92 Å². The van der Waals surface area contributed by atoms with Crippen LogP contribution < -0.4 is 10.1 Å². The first-order chi connectivity index (χ1) is 14.1. The number of hydrogen-bond donors (Lipinski definition) is 1. The topological polar surface area (TPSA) is 82.4 Å². The average Bonchev–Trinajstić information content (AvgIpc) is 2.76. The Balaban J connectivity index is 1.50. The Bertz CT molecular complexity index is 877. The summed E-state index contributed by atoms with van der Waals surface area (Å²) in [4.78, 5) is 26.4. The lowest BCUT2D eigenvalue weighted by Gasteiger charge is -2.31. The molecule has 1 aliphatic heterocycles. The van der Waals surface area contributed by atoms with Gasteiger partial charge in [-0.15, -0.1) is 0 Å². The highest BCUT2D eigenvalue weighted by molar-refractivity contribution is 5.92. The summed E-state index contributed by atoms with van der Waals surface area (Å²) in [6.07, 6.45) is 2.82. The molecule has 1 N–H and O–H groups in total. The van der Waals surface area contributed by atoms with Crippen LogP contribution in [-0.2, 0) is 9.59 Å². The van der Waals surface area contributed by atoms with Gasteiger partial charge in [-0.3, -0.25) is 9.59 Å². The minimum absolute atomic E-state index is 0.00616. The quantitative estimate of drug-likeness (QED) is 0.795. The van der Waals surface area contributed by atoms with Crippen LogP contribution in [0.3, 0.4) is 0 Å². The van der Waals surface area contributed by atoms with Crippen molar-refractivity contribution in [3.63, 3.8) is 0 Å². The summed E-state index contributed by atoms with van der Waals surface area (Å²) < 4.78 is 5.75. The minimum Gasteiger partial charge on any atom is -0.457 e. The monoisotopic (exact) mass is 391 g/mol. The number of nitriles is 1. The zero-order chi connectivity index (χ0) is 20.6. The second-order valence-electron chi connectivity index (χ2n) is 7.16. The number of carbonyl (C=O) groups is 2. The highest BCUT2D eigenvalue weighted by atomic mass is 16.5. The summed E-state index contributed by atoms with van der Waals surface area (Å²) in [5, 5.41) is 11.8. The third kappa shape index (κ3) is 5.58. The van der Waals surface area contributed by atoms with Crippen molar-refractivity contribution in [2.45, 2.75) is 32.6 Å². The fraction of sp³-hybridized carbons (Fsp3) is 0.348. The Kier molecular flexibility index (Phi) is 6.85. The van der Waals surface area contributed by atoms with E-state index in [0.717, 1.165) is 6.42 Å². The molecule has 1 fully saturated rings. The van der Waals surface area contributed by atoms with Gasteiger partial charge in [0.15, 0.2) is 0 Å². The maximum Gasteiger partial charge on any atom is 0.227 e. The van der Waals surface area contributed by atoms with E-state index in [1.807, 2.05) is 11.8 Å². The molecule has 2 aromatic rings. The predicted molar refractivity (Wildman–Crippen MR) is 111 cm³/mol. The fourth-order valence-corrected chi connectivity index (χ4v) is 3.35. The van der Waals surface area contributed by atoms with Crippen molar-refractivity contribution in [1.82, 2.24) is 4.90 Å². The number of piperidine rings is 1. The molecule has 0 atom stereocenters. The Morgan fingerprint density at radius 3 is 2.21 bits per heavy atom. The van der Waals surface area contributed by atoms with Gasteiger partial charge in [0.25, 0.3) is 0 Å². The summed E-state index contributed by atoms with van der Waals surface area (Å²) in [5.41, 5.74) is 1.29. The summed E-state index contributed by atoms with van der Waals surface area (Å²) >= 11 is 0. The van der Waals surface area contributed by atoms with Gasteiger partial charge < -0.3 is 15.0 Å². The lowest BCUT2D eigenvalue weighted by atomic mass is 9.95. The van der Waals surface area contributed by atoms with Crippen molar-refractivity contribution in [2.24, 2.45) is 5.92 Å². The summed E-state index contributed by atoms with van der Waals surface area (Å²) in [5.74, 6) is 1.40. The molecule has 0 unspecified atom stereocenters. The maximum atomic E-state index is 12.5. The summed E-state index contributed by atoms with van der Waals surface area (Å²) in [7, 11) is 0. The minimum atomic E-state index is -0.0738. The third-order valence-corrected chi connectivity index (χ3v) is 5.02. The number of amides is 2. The van der Waals surface area contributed by atoms with E-state index < -0.39 is 0 Å². The molecular weight excluding hydrogens is 366 g/mol. The molecule has 150 valence electrons. The van der Waals surface area contributed by atoms with Crippen LogP contribution in [0.4, 0.5) is 5.69 Å². The van der Waals surface area contributed by atoms with Crippen LogP contribution in [0.2, 0.25) is 0 Å². The predicted octanol–water partition coefficient (Wildman–Crippen LogP) is 4.33. The molecule has 3 rings (SSSR count). The molecule has 6 heteroatoms. The zero-order valence-corrected chi connectivity index (χ0v) is 16.6.